The van der Waals surface area contributed by atoms with Crippen molar-refractivity contribution in [1.82, 2.24) is 4.90 Å². The number of Topliss-reactive ketones (excluding diaryl/α,β-unsaturated/α-hetero) is 1. The fourth-order valence-electron chi connectivity index (χ4n) is 1.05. The van der Waals surface area contributed by atoms with Gasteiger partial charge in [0.2, 0.25) is 0 Å². The molecule has 0 N–H and O–H groups in total. The average Bonchev–Trinajstić information content (AvgIpc) is 2.02. The number of ketones is 1. The molecule has 2 nitrogen and oxygen atoms in total. The molecule has 13 heavy (non-hydrogen) atoms. The molecule has 0 bridgehead atoms. The predicted octanol–water partition coefficient (Wildman–Crippen LogP) is 1.94. The first-order valence-electron chi connectivity index (χ1n) is 4.54. The Balaban J connectivity index is 3.36. The van der Waals surface area contributed by atoms with E-state index in [1.165, 1.54) is 0 Å². The zero-order chi connectivity index (χ0) is 10.3. The van der Waals surface area contributed by atoms with Crippen molar-refractivity contribution in [2.45, 2.75) is 32.6 Å². The zero-order valence-electron chi connectivity index (χ0n) is 8.22. The van der Waals surface area contributed by atoms with Crippen molar-refractivity contribution in [3.05, 3.63) is 0 Å². The maximum atomic E-state index is 11.8. The van der Waals surface area contributed by atoms with Crippen LogP contribution in [0.4, 0.5) is 8.78 Å². The van der Waals surface area contributed by atoms with Crippen LogP contribution in [0.15, 0.2) is 0 Å². The first-order valence-corrected chi connectivity index (χ1v) is 4.54. The minimum atomic E-state index is -2.29. The fourth-order valence-corrected chi connectivity index (χ4v) is 1.05. The van der Waals surface area contributed by atoms with E-state index in [2.05, 4.69) is 0 Å². The van der Waals surface area contributed by atoms with E-state index in [1.807, 2.05) is 6.92 Å². The molecule has 0 aromatic carbocycles. The summed E-state index contributed by atoms with van der Waals surface area (Å²) in [5, 5.41) is 0. The van der Waals surface area contributed by atoms with Crippen LogP contribution in [0.3, 0.4) is 0 Å². The summed E-state index contributed by atoms with van der Waals surface area (Å²) >= 11 is 0. The van der Waals surface area contributed by atoms with E-state index in [1.54, 1.807) is 11.9 Å². The topological polar surface area (TPSA) is 20.3 Å². The molecule has 0 saturated heterocycles. The van der Waals surface area contributed by atoms with E-state index in [0.29, 0.717) is 25.8 Å². The number of alkyl halides is 2. The molecule has 0 fully saturated rings. The first kappa shape index (κ1) is 12.5. The standard InChI is InChI=1S/C9H17F2NO/c1-3-8(13)5-4-6-12(2)7-9(10)11/h9H,3-7H2,1-2H3. The Labute approximate surface area is 77.9 Å². The second-order valence-electron chi connectivity index (χ2n) is 3.15. The lowest BCUT2D eigenvalue weighted by Crippen LogP contribution is -2.25. The molecule has 78 valence electrons. The number of carbonyl (C=O) groups excluding carboxylic acids is 1. The van der Waals surface area contributed by atoms with Crippen LogP contribution in [0.2, 0.25) is 0 Å². The maximum absolute atomic E-state index is 11.8. The second kappa shape index (κ2) is 6.95. The second-order valence-corrected chi connectivity index (χ2v) is 3.15. The molecule has 0 atom stereocenters. The lowest BCUT2D eigenvalue weighted by molar-refractivity contribution is -0.118. The van der Waals surface area contributed by atoms with Crippen molar-refractivity contribution in [3.63, 3.8) is 0 Å². The van der Waals surface area contributed by atoms with Crippen LogP contribution >= 0.6 is 0 Å². The Kier molecular flexibility index (Phi) is 6.68. The Bertz CT molecular complexity index is 151. The van der Waals surface area contributed by atoms with E-state index in [0.717, 1.165) is 0 Å². The van der Waals surface area contributed by atoms with Gasteiger partial charge < -0.3 is 4.90 Å². The molecule has 0 radical (unpaired) electrons. The number of hydrogen-bond donors (Lipinski definition) is 0. The fraction of sp³-hybridized carbons (Fsp3) is 0.889. The van der Waals surface area contributed by atoms with Gasteiger partial charge in [-0.15, -0.1) is 0 Å². The van der Waals surface area contributed by atoms with Crippen LogP contribution in [-0.2, 0) is 4.79 Å². The van der Waals surface area contributed by atoms with Crippen LogP contribution in [0.1, 0.15) is 26.2 Å². The van der Waals surface area contributed by atoms with E-state index in [-0.39, 0.29) is 12.3 Å². The average molecular weight is 193 g/mol. The summed E-state index contributed by atoms with van der Waals surface area (Å²) in [4.78, 5) is 12.4. The lowest BCUT2D eigenvalue weighted by atomic mass is 10.2. The highest BCUT2D eigenvalue weighted by molar-refractivity contribution is 5.77. The van der Waals surface area contributed by atoms with Gasteiger partial charge in [-0.05, 0) is 20.0 Å². The van der Waals surface area contributed by atoms with E-state index >= 15 is 0 Å². The molecule has 0 heterocycles. The van der Waals surface area contributed by atoms with Crippen molar-refractivity contribution >= 4 is 5.78 Å². The number of rotatable bonds is 7. The van der Waals surface area contributed by atoms with Gasteiger partial charge in [0.1, 0.15) is 5.78 Å². The van der Waals surface area contributed by atoms with Crippen LogP contribution in [0.25, 0.3) is 0 Å². The lowest BCUT2D eigenvalue weighted by Gasteiger charge is -2.14. The molecular formula is C9H17F2NO. The summed E-state index contributed by atoms with van der Waals surface area (Å²) in [6, 6.07) is 0. The highest BCUT2D eigenvalue weighted by atomic mass is 19.3. The van der Waals surface area contributed by atoms with Crippen molar-refractivity contribution in [1.29, 1.82) is 0 Å². The van der Waals surface area contributed by atoms with E-state index in [4.69, 9.17) is 0 Å². The van der Waals surface area contributed by atoms with Crippen molar-refractivity contribution in [2.75, 3.05) is 20.1 Å². The monoisotopic (exact) mass is 193 g/mol. The van der Waals surface area contributed by atoms with Crippen LogP contribution < -0.4 is 0 Å². The van der Waals surface area contributed by atoms with E-state index in [9.17, 15) is 13.6 Å². The minimum absolute atomic E-state index is 0.199. The quantitative estimate of drug-likeness (QED) is 0.616. The van der Waals surface area contributed by atoms with Gasteiger partial charge in [0.05, 0.1) is 6.54 Å². The molecule has 0 aliphatic heterocycles. The van der Waals surface area contributed by atoms with Gasteiger partial charge in [-0.1, -0.05) is 6.92 Å². The summed E-state index contributed by atoms with van der Waals surface area (Å²) < 4.78 is 23.7. The Morgan fingerprint density at radius 2 is 2.08 bits per heavy atom. The maximum Gasteiger partial charge on any atom is 0.251 e. The number of halogens is 2. The van der Waals surface area contributed by atoms with Gasteiger partial charge in [0.25, 0.3) is 6.43 Å². The molecule has 0 aliphatic rings. The summed E-state index contributed by atoms with van der Waals surface area (Å²) in [5.41, 5.74) is 0. The van der Waals surface area contributed by atoms with Gasteiger partial charge in [0.15, 0.2) is 0 Å². The largest absolute Gasteiger partial charge is 0.301 e. The third-order valence-electron chi connectivity index (χ3n) is 1.84. The molecule has 0 rings (SSSR count). The molecule has 0 amide bonds. The minimum Gasteiger partial charge on any atom is -0.301 e. The van der Waals surface area contributed by atoms with Gasteiger partial charge in [-0.3, -0.25) is 4.79 Å². The molecular weight excluding hydrogens is 176 g/mol. The van der Waals surface area contributed by atoms with Crippen LogP contribution in [-0.4, -0.2) is 37.2 Å². The zero-order valence-corrected chi connectivity index (χ0v) is 8.22. The normalized spacial score (nSPS) is 11.2. The number of carbonyl (C=O) groups is 1. The predicted molar refractivity (Wildman–Crippen MR) is 48.0 cm³/mol. The number of nitrogens with zero attached hydrogens (tertiary/aromatic N) is 1. The molecule has 4 heteroatoms. The third-order valence-corrected chi connectivity index (χ3v) is 1.84. The Hall–Kier alpha value is -0.510. The van der Waals surface area contributed by atoms with Crippen molar-refractivity contribution < 1.29 is 13.6 Å². The third kappa shape index (κ3) is 7.84. The van der Waals surface area contributed by atoms with Gasteiger partial charge >= 0.3 is 0 Å². The first-order chi connectivity index (χ1) is 6.06. The molecule has 0 spiro atoms. The van der Waals surface area contributed by atoms with Gasteiger partial charge in [-0.25, -0.2) is 8.78 Å². The SMILES string of the molecule is CCC(=O)CCCN(C)CC(F)F. The van der Waals surface area contributed by atoms with Crippen molar-refractivity contribution in [3.8, 4) is 0 Å². The Morgan fingerprint density at radius 1 is 1.46 bits per heavy atom. The highest BCUT2D eigenvalue weighted by Gasteiger charge is 2.07. The Morgan fingerprint density at radius 3 is 2.54 bits per heavy atom. The molecule has 0 aromatic rings. The summed E-state index contributed by atoms with van der Waals surface area (Å²) in [7, 11) is 1.64. The summed E-state index contributed by atoms with van der Waals surface area (Å²) in [6.07, 6.45) is -0.565. The number of hydrogen-bond acceptors (Lipinski definition) is 2. The van der Waals surface area contributed by atoms with Crippen molar-refractivity contribution in [2.24, 2.45) is 0 Å². The molecule has 0 unspecified atom stereocenters. The molecule has 0 aliphatic carbocycles. The highest BCUT2D eigenvalue weighted by Crippen LogP contribution is 2.00. The van der Waals surface area contributed by atoms with E-state index < -0.39 is 6.43 Å². The summed E-state index contributed by atoms with van der Waals surface area (Å²) in [5.74, 6) is 0.199. The van der Waals surface area contributed by atoms with Gasteiger partial charge in [-0.2, -0.15) is 0 Å². The molecule has 0 saturated carbocycles. The molecule has 0 aromatic heterocycles. The smallest absolute Gasteiger partial charge is 0.251 e. The summed E-state index contributed by atoms with van der Waals surface area (Å²) in [6.45, 7) is 2.17. The van der Waals surface area contributed by atoms with Crippen LogP contribution in [0.5, 0.6) is 0 Å². The van der Waals surface area contributed by atoms with Crippen LogP contribution in [0, 0.1) is 0 Å². The van der Waals surface area contributed by atoms with Gasteiger partial charge in [0, 0.05) is 12.8 Å².